The van der Waals surface area contributed by atoms with Crippen LogP contribution < -0.4 is 9.64 Å². The average molecular weight is 267 g/mol. The number of hydrogen-bond donors (Lipinski definition) is 1. The Morgan fingerprint density at radius 2 is 2.16 bits per heavy atom. The highest BCUT2D eigenvalue weighted by Gasteiger charge is 2.26. The smallest absolute Gasteiger partial charge is 0.323 e. The number of nitrogens with zero attached hydrogens (tertiary/aromatic N) is 3. The van der Waals surface area contributed by atoms with Gasteiger partial charge in [-0.3, -0.25) is 4.79 Å². The molecule has 0 aliphatic heterocycles. The van der Waals surface area contributed by atoms with Gasteiger partial charge in [0.25, 0.3) is 0 Å². The zero-order valence-corrected chi connectivity index (χ0v) is 11.9. The Balaban J connectivity index is 2.98. The predicted molar refractivity (Wildman–Crippen MR) is 72.6 cm³/mol. The van der Waals surface area contributed by atoms with Gasteiger partial charge in [-0.05, 0) is 27.2 Å². The second kappa shape index (κ2) is 6.36. The van der Waals surface area contributed by atoms with Gasteiger partial charge < -0.3 is 14.7 Å². The van der Waals surface area contributed by atoms with Crippen molar-refractivity contribution in [2.24, 2.45) is 0 Å². The van der Waals surface area contributed by atoms with Gasteiger partial charge >= 0.3 is 5.97 Å². The van der Waals surface area contributed by atoms with Crippen molar-refractivity contribution >= 4 is 11.9 Å². The fraction of sp³-hybridized carbons (Fsp3) is 0.615. The normalized spacial score (nSPS) is 11.2. The van der Waals surface area contributed by atoms with E-state index in [9.17, 15) is 4.79 Å². The summed E-state index contributed by atoms with van der Waals surface area (Å²) in [7, 11) is 0. The zero-order valence-electron chi connectivity index (χ0n) is 11.9. The lowest BCUT2D eigenvalue weighted by atomic mass is 10.1. The molecule has 0 saturated carbocycles. The summed E-state index contributed by atoms with van der Waals surface area (Å²) in [6.45, 7) is 8.18. The van der Waals surface area contributed by atoms with Gasteiger partial charge in [-0.15, -0.1) is 0 Å². The molecule has 0 unspecified atom stereocenters. The summed E-state index contributed by atoms with van der Waals surface area (Å²) in [6, 6.07) is 1.67. The van der Waals surface area contributed by atoms with Crippen molar-refractivity contribution in [3.8, 4) is 5.88 Å². The van der Waals surface area contributed by atoms with Gasteiger partial charge in [0.05, 0.1) is 6.61 Å². The third kappa shape index (κ3) is 4.73. The van der Waals surface area contributed by atoms with E-state index in [0.29, 0.717) is 18.4 Å². The second-order valence-electron chi connectivity index (χ2n) is 5.19. The van der Waals surface area contributed by atoms with Crippen LogP contribution in [-0.2, 0) is 4.79 Å². The molecule has 6 heteroatoms. The minimum Gasteiger partial charge on any atom is -0.480 e. The van der Waals surface area contributed by atoms with Crippen LogP contribution in [0.2, 0.25) is 0 Å². The first kappa shape index (κ1) is 15.2. The SMILES string of the molecule is CCCOc1ccnc(N(CC(=O)O)C(C)(C)C)n1. The number of carboxylic acid groups (broad SMARTS) is 1. The number of carbonyl (C=O) groups is 1. The summed E-state index contributed by atoms with van der Waals surface area (Å²) in [4.78, 5) is 21.0. The van der Waals surface area contributed by atoms with Crippen LogP contribution in [0, 0.1) is 0 Å². The van der Waals surface area contributed by atoms with Crippen LogP contribution >= 0.6 is 0 Å². The molecule has 1 heterocycles. The largest absolute Gasteiger partial charge is 0.480 e. The van der Waals surface area contributed by atoms with Gasteiger partial charge in [-0.2, -0.15) is 4.98 Å². The fourth-order valence-electron chi connectivity index (χ4n) is 1.49. The molecular weight excluding hydrogens is 246 g/mol. The topological polar surface area (TPSA) is 75.5 Å². The second-order valence-corrected chi connectivity index (χ2v) is 5.19. The first-order chi connectivity index (χ1) is 8.84. The predicted octanol–water partition coefficient (Wildman–Crippen LogP) is 1.95. The van der Waals surface area contributed by atoms with E-state index < -0.39 is 5.97 Å². The number of carboxylic acids is 1. The van der Waals surface area contributed by atoms with Gasteiger partial charge in [0.1, 0.15) is 6.54 Å². The van der Waals surface area contributed by atoms with Crippen molar-refractivity contribution in [3.63, 3.8) is 0 Å². The molecule has 0 bridgehead atoms. The molecule has 6 nitrogen and oxygen atoms in total. The fourth-order valence-corrected chi connectivity index (χ4v) is 1.49. The van der Waals surface area contributed by atoms with Crippen molar-refractivity contribution in [2.45, 2.75) is 39.7 Å². The number of aromatic nitrogens is 2. The summed E-state index contributed by atoms with van der Waals surface area (Å²) in [6.07, 6.45) is 2.46. The number of ether oxygens (including phenoxy) is 1. The number of anilines is 1. The summed E-state index contributed by atoms with van der Waals surface area (Å²) in [5.74, 6) is -0.0894. The first-order valence-corrected chi connectivity index (χ1v) is 6.30. The molecule has 0 aliphatic carbocycles. The zero-order chi connectivity index (χ0) is 14.5. The van der Waals surface area contributed by atoms with Crippen LogP contribution in [0.3, 0.4) is 0 Å². The van der Waals surface area contributed by atoms with Crippen molar-refractivity contribution in [1.82, 2.24) is 9.97 Å². The highest BCUT2D eigenvalue weighted by molar-refractivity contribution is 5.73. The quantitative estimate of drug-likeness (QED) is 0.849. The highest BCUT2D eigenvalue weighted by Crippen LogP contribution is 2.21. The van der Waals surface area contributed by atoms with Gasteiger partial charge in [-0.1, -0.05) is 6.92 Å². The van der Waals surface area contributed by atoms with E-state index >= 15 is 0 Å². The number of rotatable bonds is 6. The third-order valence-electron chi connectivity index (χ3n) is 2.42. The molecule has 0 fully saturated rings. The van der Waals surface area contributed by atoms with E-state index in [1.54, 1.807) is 17.2 Å². The van der Waals surface area contributed by atoms with E-state index in [1.807, 2.05) is 27.7 Å². The first-order valence-electron chi connectivity index (χ1n) is 6.30. The Kier molecular flexibility index (Phi) is 5.09. The summed E-state index contributed by atoms with van der Waals surface area (Å²) >= 11 is 0. The third-order valence-corrected chi connectivity index (χ3v) is 2.42. The molecule has 0 amide bonds. The summed E-state index contributed by atoms with van der Waals surface area (Å²) in [5, 5.41) is 8.99. The van der Waals surface area contributed by atoms with E-state index in [2.05, 4.69) is 9.97 Å². The average Bonchev–Trinajstić information content (AvgIpc) is 2.32. The summed E-state index contributed by atoms with van der Waals surface area (Å²) in [5.41, 5.74) is -0.387. The van der Waals surface area contributed by atoms with E-state index in [-0.39, 0.29) is 12.1 Å². The van der Waals surface area contributed by atoms with Crippen LogP contribution in [0.5, 0.6) is 5.88 Å². The minimum atomic E-state index is -0.918. The van der Waals surface area contributed by atoms with Gasteiger partial charge in [0.2, 0.25) is 11.8 Å². The van der Waals surface area contributed by atoms with Gasteiger partial charge in [-0.25, -0.2) is 4.98 Å². The maximum atomic E-state index is 11.0. The molecule has 0 saturated heterocycles. The summed E-state index contributed by atoms with van der Waals surface area (Å²) < 4.78 is 5.44. The van der Waals surface area contributed by atoms with Crippen molar-refractivity contribution in [2.75, 3.05) is 18.1 Å². The number of hydrogen-bond acceptors (Lipinski definition) is 5. The van der Waals surface area contributed by atoms with Gasteiger partial charge in [0, 0.05) is 17.8 Å². The molecular formula is C13H21N3O3. The van der Waals surface area contributed by atoms with Crippen LogP contribution in [0.25, 0.3) is 0 Å². The Morgan fingerprint density at radius 3 is 2.68 bits per heavy atom. The minimum absolute atomic E-state index is 0.152. The van der Waals surface area contributed by atoms with Gasteiger partial charge in [0.15, 0.2) is 0 Å². The van der Waals surface area contributed by atoms with Crippen LogP contribution in [0.4, 0.5) is 5.95 Å². The lowest BCUT2D eigenvalue weighted by Gasteiger charge is -2.34. The molecule has 106 valence electrons. The maximum Gasteiger partial charge on any atom is 0.323 e. The molecule has 1 aromatic rings. The lowest BCUT2D eigenvalue weighted by Crippen LogP contribution is -2.45. The van der Waals surface area contributed by atoms with Crippen LogP contribution in [0.15, 0.2) is 12.3 Å². The van der Waals surface area contributed by atoms with Crippen molar-refractivity contribution < 1.29 is 14.6 Å². The van der Waals surface area contributed by atoms with E-state index in [4.69, 9.17) is 9.84 Å². The van der Waals surface area contributed by atoms with Crippen molar-refractivity contribution in [3.05, 3.63) is 12.3 Å². The molecule has 0 aliphatic rings. The highest BCUT2D eigenvalue weighted by atomic mass is 16.5. The maximum absolute atomic E-state index is 11.0. The lowest BCUT2D eigenvalue weighted by molar-refractivity contribution is -0.135. The molecule has 1 aromatic heterocycles. The molecule has 1 rings (SSSR count). The Morgan fingerprint density at radius 1 is 1.47 bits per heavy atom. The standard InChI is InChI=1S/C13H21N3O3/c1-5-8-19-10-6-7-14-12(15-10)16(9-11(17)18)13(2,3)4/h6-7H,5,8-9H2,1-4H3,(H,17,18). The molecule has 0 atom stereocenters. The molecule has 0 radical (unpaired) electrons. The number of aliphatic carboxylic acids is 1. The van der Waals surface area contributed by atoms with Crippen LogP contribution in [0.1, 0.15) is 34.1 Å². The van der Waals surface area contributed by atoms with E-state index in [0.717, 1.165) is 6.42 Å². The molecule has 19 heavy (non-hydrogen) atoms. The Hall–Kier alpha value is -1.85. The van der Waals surface area contributed by atoms with E-state index in [1.165, 1.54) is 0 Å². The molecule has 1 N–H and O–H groups in total. The monoisotopic (exact) mass is 267 g/mol. The molecule has 0 aromatic carbocycles. The Bertz CT molecular complexity index is 429. The molecule has 0 spiro atoms. The Labute approximate surface area is 113 Å². The van der Waals surface area contributed by atoms with Crippen molar-refractivity contribution in [1.29, 1.82) is 0 Å². The van der Waals surface area contributed by atoms with Crippen LogP contribution in [-0.4, -0.2) is 39.7 Å².